The molecule has 0 aliphatic heterocycles. The summed E-state index contributed by atoms with van der Waals surface area (Å²) in [4.78, 5) is 10.1. The molecule has 0 heterocycles. The fourth-order valence-electron chi connectivity index (χ4n) is 0.460. The average Bonchev–Trinajstić information content (AvgIpc) is 1.60. The van der Waals surface area contributed by atoms with Crippen molar-refractivity contribution in [3.63, 3.8) is 0 Å². The predicted molar refractivity (Wildman–Crippen MR) is 39.1 cm³/mol. The molecule has 0 aromatic heterocycles. The maximum atomic E-state index is 10.4. The van der Waals surface area contributed by atoms with Crippen LogP contribution in [-0.4, -0.2) is 20.5 Å². The zero-order valence-electron chi connectivity index (χ0n) is 6.13. The van der Waals surface area contributed by atoms with Gasteiger partial charge < -0.3 is 4.79 Å². The minimum atomic E-state index is -3.58. The zero-order valence-corrected chi connectivity index (χ0v) is 10.6. The Morgan fingerprint density at radius 2 is 1.82 bits per heavy atom. The quantitative estimate of drug-likeness (QED) is 0.545. The van der Waals surface area contributed by atoms with E-state index < -0.39 is 14.5 Å². The molecule has 0 spiro atoms. The molecular formula is C5H8ClO3SW+. The number of hydrogen-bond acceptors (Lipinski definition) is 3. The van der Waals surface area contributed by atoms with Gasteiger partial charge in [-0.3, -0.25) is 6.29 Å². The zero-order chi connectivity index (χ0) is 8.41. The Bertz CT molecular complexity index is 222. The summed E-state index contributed by atoms with van der Waals surface area (Å²) >= 11 is 0. The molecule has 0 aromatic carbocycles. The first-order valence-electron chi connectivity index (χ1n) is 2.58. The van der Waals surface area contributed by atoms with Crippen molar-refractivity contribution in [3.8, 4) is 0 Å². The Morgan fingerprint density at radius 3 is 1.91 bits per heavy atom. The Morgan fingerprint density at radius 1 is 1.45 bits per heavy atom. The van der Waals surface area contributed by atoms with Crippen molar-refractivity contribution in [3.05, 3.63) is 0 Å². The van der Waals surface area contributed by atoms with E-state index in [1.54, 1.807) is 6.29 Å². The van der Waals surface area contributed by atoms with Gasteiger partial charge >= 0.3 is 21.1 Å². The summed E-state index contributed by atoms with van der Waals surface area (Å²) in [6.07, 6.45) is 1.58. The molecule has 0 bridgehead atoms. The van der Waals surface area contributed by atoms with Crippen molar-refractivity contribution in [2.24, 2.45) is 5.41 Å². The van der Waals surface area contributed by atoms with Gasteiger partial charge in [-0.05, 0) is 0 Å². The molecule has 0 saturated carbocycles. The van der Waals surface area contributed by atoms with Crippen LogP contribution in [0.1, 0.15) is 13.8 Å². The molecule has 0 amide bonds. The molecule has 0 radical (unpaired) electrons. The summed E-state index contributed by atoms with van der Waals surface area (Å²) in [5, 5.41) is 0. The first kappa shape index (κ1) is 14.1. The largest absolute Gasteiger partial charge is 2.00 e. The predicted octanol–water partition coefficient (Wildman–Crippen LogP) is 0.688. The monoisotopic (exact) mass is 367 g/mol. The second kappa shape index (κ2) is 4.58. The van der Waals surface area contributed by atoms with Crippen LogP contribution in [0.4, 0.5) is 0 Å². The van der Waals surface area contributed by atoms with E-state index in [1.165, 1.54) is 13.8 Å². The van der Waals surface area contributed by atoms with Crippen molar-refractivity contribution in [1.82, 2.24) is 0 Å². The minimum Gasteiger partial charge on any atom is -0.541 e. The van der Waals surface area contributed by atoms with E-state index in [2.05, 4.69) is 0 Å². The molecule has 3 nitrogen and oxygen atoms in total. The van der Waals surface area contributed by atoms with Crippen LogP contribution in [0.15, 0.2) is 0 Å². The van der Waals surface area contributed by atoms with Gasteiger partial charge in [0.25, 0.3) is 0 Å². The van der Waals surface area contributed by atoms with Gasteiger partial charge in [0.1, 0.15) is 0 Å². The van der Waals surface area contributed by atoms with E-state index in [1.807, 2.05) is 0 Å². The third-order valence-corrected chi connectivity index (χ3v) is 2.20. The molecule has 0 aliphatic rings. The molecule has 0 aliphatic carbocycles. The normalized spacial score (nSPS) is 11.9. The first-order chi connectivity index (χ1) is 4.27. The second-order valence-corrected chi connectivity index (χ2v) is 5.45. The van der Waals surface area contributed by atoms with E-state index in [9.17, 15) is 13.2 Å². The van der Waals surface area contributed by atoms with Crippen LogP contribution in [0.2, 0.25) is 0 Å². The van der Waals surface area contributed by atoms with Gasteiger partial charge in [-0.15, -0.1) is 5.41 Å². The maximum Gasteiger partial charge on any atom is 2.00 e. The van der Waals surface area contributed by atoms with Crippen molar-refractivity contribution in [1.29, 1.82) is 0 Å². The second-order valence-electron chi connectivity index (χ2n) is 2.67. The number of hydrogen-bond donors (Lipinski definition) is 0. The molecule has 0 rings (SSSR count). The van der Waals surface area contributed by atoms with E-state index >= 15 is 0 Å². The van der Waals surface area contributed by atoms with Gasteiger partial charge in [0.05, 0.1) is 0 Å². The van der Waals surface area contributed by atoms with Crippen LogP contribution in [0, 0.1) is 5.41 Å². The third-order valence-electron chi connectivity index (χ3n) is 0.810. The summed E-state index contributed by atoms with van der Waals surface area (Å²) in [5.74, 6) is -0.370. The van der Waals surface area contributed by atoms with Gasteiger partial charge in [0.15, 0.2) is 0 Å². The van der Waals surface area contributed by atoms with Crippen molar-refractivity contribution in [2.75, 3.05) is 5.75 Å². The van der Waals surface area contributed by atoms with E-state index in [-0.39, 0.29) is 26.8 Å². The number of carbonyl (C=O) groups excluding carboxylic acids is 1. The smallest absolute Gasteiger partial charge is 0.541 e. The van der Waals surface area contributed by atoms with Crippen molar-refractivity contribution >= 4 is 26.0 Å². The minimum absolute atomic E-state index is 0. The molecule has 64 valence electrons. The summed E-state index contributed by atoms with van der Waals surface area (Å²) in [6.45, 7) is 2.92. The van der Waals surface area contributed by atoms with Gasteiger partial charge in [-0.2, -0.15) is 0 Å². The topological polar surface area (TPSA) is 51.2 Å². The van der Waals surface area contributed by atoms with Crippen molar-refractivity contribution in [2.45, 2.75) is 13.8 Å². The van der Waals surface area contributed by atoms with Gasteiger partial charge in [0.2, 0.25) is 9.05 Å². The van der Waals surface area contributed by atoms with Gasteiger partial charge in [0, 0.05) is 16.4 Å². The third kappa shape index (κ3) is 8.50. The van der Waals surface area contributed by atoms with Gasteiger partial charge in [-0.25, -0.2) is 8.42 Å². The van der Waals surface area contributed by atoms with Crippen LogP contribution in [-0.2, 0) is 34.9 Å². The summed E-state index contributed by atoms with van der Waals surface area (Å²) < 4.78 is 20.8. The SMILES string of the molecule is CC(C)([C-]=O)CS(=O)(=O)Cl.[W+2]. The number of halogens is 1. The Balaban J connectivity index is 0. The maximum absolute atomic E-state index is 10.4. The van der Waals surface area contributed by atoms with E-state index in [0.717, 1.165) is 0 Å². The fraction of sp³-hybridized carbons (Fsp3) is 0.800. The average molecular weight is 367 g/mol. The number of rotatable bonds is 3. The summed E-state index contributed by atoms with van der Waals surface area (Å²) in [5.41, 5.74) is -0.999. The van der Waals surface area contributed by atoms with Crippen LogP contribution in [0.25, 0.3) is 0 Å². The molecule has 0 saturated heterocycles. The van der Waals surface area contributed by atoms with Crippen LogP contribution < -0.4 is 0 Å². The Labute approximate surface area is 85.2 Å². The van der Waals surface area contributed by atoms with Crippen LogP contribution >= 0.6 is 10.7 Å². The van der Waals surface area contributed by atoms with Crippen molar-refractivity contribution < 1.29 is 34.3 Å². The Kier molecular flexibility index (Phi) is 5.89. The first-order valence-corrected chi connectivity index (χ1v) is 5.06. The van der Waals surface area contributed by atoms with E-state index in [0.29, 0.717) is 0 Å². The van der Waals surface area contributed by atoms with E-state index in [4.69, 9.17) is 10.7 Å². The van der Waals surface area contributed by atoms with Crippen LogP contribution in [0.3, 0.4) is 0 Å². The van der Waals surface area contributed by atoms with Gasteiger partial charge in [-0.1, -0.05) is 13.8 Å². The van der Waals surface area contributed by atoms with Crippen LogP contribution in [0.5, 0.6) is 0 Å². The molecule has 0 atom stereocenters. The summed E-state index contributed by atoms with van der Waals surface area (Å²) in [6, 6.07) is 0. The fourth-order valence-corrected chi connectivity index (χ4v) is 2.20. The molecule has 0 fully saturated rings. The summed E-state index contributed by atoms with van der Waals surface area (Å²) in [7, 11) is 1.31. The standard InChI is InChI=1S/C5H8ClO3S.W/c1-5(2,3-7)4-10(6,8)9;/h4H2,1-2H3;/q-1;+2. The molecule has 0 N–H and O–H groups in total. The Hall–Kier alpha value is 0.598. The molecule has 6 heteroatoms. The molecule has 11 heavy (non-hydrogen) atoms. The molecule has 0 unspecified atom stereocenters. The molecular weight excluding hydrogens is 359 g/mol. The molecule has 0 aromatic rings.